The number of hydrogen-bond donors (Lipinski definition) is 6. The Labute approximate surface area is 211 Å². The highest BCUT2D eigenvalue weighted by atomic mass is 32.2. The maximum atomic E-state index is 13.3. The van der Waals surface area contributed by atoms with Crippen LogP contribution in [0, 0.1) is 11.8 Å². The number of carbonyl (C=O) groups excluding carboxylic acids is 3. The molecule has 0 saturated heterocycles. The van der Waals surface area contributed by atoms with Gasteiger partial charge in [-0.2, -0.15) is 11.8 Å². The number of thioether (sulfide) groups is 1. The number of H-pyrrole nitrogens is 1. The van der Waals surface area contributed by atoms with Crippen LogP contribution in [0.5, 0.6) is 0 Å². The Kier molecular flexibility index (Phi) is 13.4. The highest BCUT2D eigenvalue weighted by Gasteiger charge is 2.32. The van der Waals surface area contributed by atoms with Crippen molar-refractivity contribution in [3.63, 3.8) is 0 Å². The number of rotatable bonds is 16. The molecule has 0 fully saturated rings. The van der Waals surface area contributed by atoms with Gasteiger partial charge in [0.25, 0.3) is 0 Å². The highest BCUT2D eigenvalue weighted by Crippen LogP contribution is 2.11. The van der Waals surface area contributed by atoms with Gasteiger partial charge in [-0.05, 0) is 36.7 Å². The van der Waals surface area contributed by atoms with Crippen molar-refractivity contribution < 1.29 is 24.3 Å². The van der Waals surface area contributed by atoms with E-state index in [9.17, 15) is 24.3 Å². The van der Waals surface area contributed by atoms with E-state index in [1.54, 1.807) is 11.8 Å². The summed E-state index contributed by atoms with van der Waals surface area (Å²) in [5.74, 6) is -2.23. The number of aromatic nitrogens is 2. The summed E-state index contributed by atoms with van der Waals surface area (Å²) in [7, 11) is 0. The molecule has 11 nitrogen and oxygen atoms in total. The van der Waals surface area contributed by atoms with Gasteiger partial charge >= 0.3 is 5.97 Å². The van der Waals surface area contributed by atoms with Crippen LogP contribution in [0.25, 0.3) is 0 Å². The standard InChI is InChI=1S/C23H40N6O5S/c1-6-14(4)19(29-20(30)16(24)7-8-35-5)22(32)27-17(10-15-11-25-12-26-15)21(31)28-18(23(33)34)9-13(2)3/h11-14,16-19H,6-10,24H2,1-5H3,(H,25,26)(H,27,32)(H,28,31)(H,29,30)(H,33,34). The lowest BCUT2D eigenvalue weighted by atomic mass is 9.97. The molecule has 1 aromatic rings. The Bertz CT molecular complexity index is 819. The second-order valence-corrected chi connectivity index (χ2v) is 10.1. The summed E-state index contributed by atoms with van der Waals surface area (Å²) in [4.78, 5) is 57.4. The summed E-state index contributed by atoms with van der Waals surface area (Å²) >= 11 is 1.57. The van der Waals surface area contributed by atoms with Crippen LogP contribution in [0.4, 0.5) is 0 Å². The molecule has 198 valence electrons. The number of carboxylic acids is 1. The normalized spacial score (nSPS) is 15.5. The van der Waals surface area contributed by atoms with Gasteiger partial charge in [0.1, 0.15) is 18.1 Å². The van der Waals surface area contributed by atoms with E-state index in [1.807, 2.05) is 34.0 Å². The van der Waals surface area contributed by atoms with Crippen molar-refractivity contribution >= 4 is 35.5 Å². The largest absolute Gasteiger partial charge is 0.480 e. The molecular formula is C23H40N6O5S. The predicted molar refractivity (Wildman–Crippen MR) is 136 cm³/mol. The number of aliphatic carboxylic acids is 1. The third-order valence-corrected chi connectivity index (χ3v) is 6.34. The minimum Gasteiger partial charge on any atom is -0.480 e. The van der Waals surface area contributed by atoms with E-state index in [-0.39, 0.29) is 24.7 Å². The SMILES string of the molecule is CCC(C)C(NC(=O)C(N)CCSC)C(=O)NC(Cc1cnc[nH]1)C(=O)NC(CC(C)C)C(=O)O. The van der Waals surface area contributed by atoms with Gasteiger partial charge in [0.05, 0.1) is 12.4 Å². The summed E-state index contributed by atoms with van der Waals surface area (Å²) < 4.78 is 0. The number of aromatic amines is 1. The van der Waals surface area contributed by atoms with Crippen LogP contribution in [0.2, 0.25) is 0 Å². The van der Waals surface area contributed by atoms with Gasteiger partial charge in [-0.25, -0.2) is 9.78 Å². The van der Waals surface area contributed by atoms with Gasteiger partial charge < -0.3 is 31.8 Å². The molecule has 0 aromatic carbocycles. The number of hydrogen-bond acceptors (Lipinski definition) is 7. The molecule has 0 radical (unpaired) electrons. The number of amides is 3. The maximum Gasteiger partial charge on any atom is 0.326 e. The van der Waals surface area contributed by atoms with Crippen molar-refractivity contribution in [3.05, 3.63) is 18.2 Å². The number of imidazole rings is 1. The smallest absolute Gasteiger partial charge is 0.326 e. The fraction of sp³-hybridized carbons (Fsp3) is 0.696. The molecule has 0 aliphatic rings. The summed E-state index contributed by atoms with van der Waals surface area (Å²) in [6.45, 7) is 7.43. The van der Waals surface area contributed by atoms with Crippen molar-refractivity contribution in [2.24, 2.45) is 17.6 Å². The molecule has 7 N–H and O–H groups in total. The zero-order valence-corrected chi connectivity index (χ0v) is 22.0. The van der Waals surface area contributed by atoms with Gasteiger partial charge in [0.15, 0.2) is 0 Å². The Balaban J connectivity index is 3.06. The number of nitrogens with one attached hydrogen (secondary N) is 4. The zero-order chi connectivity index (χ0) is 26.5. The lowest BCUT2D eigenvalue weighted by Gasteiger charge is -2.28. The van der Waals surface area contributed by atoms with Crippen LogP contribution < -0.4 is 21.7 Å². The lowest BCUT2D eigenvalue weighted by Crippen LogP contribution is -2.59. The molecule has 35 heavy (non-hydrogen) atoms. The molecule has 1 heterocycles. The summed E-state index contributed by atoms with van der Waals surface area (Å²) in [5.41, 5.74) is 6.56. The van der Waals surface area contributed by atoms with Crippen LogP contribution in [-0.2, 0) is 25.6 Å². The van der Waals surface area contributed by atoms with E-state index in [4.69, 9.17) is 5.73 Å². The third kappa shape index (κ3) is 10.7. The van der Waals surface area contributed by atoms with E-state index in [1.165, 1.54) is 12.5 Å². The number of carboxylic acid groups (broad SMARTS) is 1. The van der Waals surface area contributed by atoms with Gasteiger partial charge in [0.2, 0.25) is 17.7 Å². The zero-order valence-electron chi connectivity index (χ0n) is 21.2. The van der Waals surface area contributed by atoms with Crippen LogP contribution in [0.3, 0.4) is 0 Å². The first kappa shape index (κ1) is 30.4. The molecule has 1 rings (SSSR count). The van der Waals surface area contributed by atoms with Crippen LogP contribution >= 0.6 is 11.8 Å². The molecule has 0 bridgehead atoms. The van der Waals surface area contributed by atoms with Crippen molar-refractivity contribution in [1.82, 2.24) is 25.9 Å². The Morgan fingerprint density at radius 2 is 1.74 bits per heavy atom. The first-order valence-electron chi connectivity index (χ1n) is 11.9. The minimum absolute atomic E-state index is 0.0392. The number of nitrogens with zero attached hydrogens (tertiary/aromatic N) is 1. The van der Waals surface area contributed by atoms with Gasteiger partial charge in [-0.1, -0.05) is 34.1 Å². The number of carbonyl (C=O) groups is 4. The van der Waals surface area contributed by atoms with Crippen molar-refractivity contribution in [1.29, 1.82) is 0 Å². The Hall–Kier alpha value is -2.60. The Morgan fingerprint density at radius 3 is 2.26 bits per heavy atom. The topological polar surface area (TPSA) is 179 Å². The van der Waals surface area contributed by atoms with Crippen molar-refractivity contribution in [3.8, 4) is 0 Å². The molecule has 0 saturated carbocycles. The van der Waals surface area contributed by atoms with Crippen LogP contribution in [-0.4, -0.2) is 74.9 Å². The van der Waals surface area contributed by atoms with Crippen LogP contribution in [0.1, 0.15) is 52.7 Å². The highest BCUT2D eigenvalue weighted by molar-refractivity contribution is 7.98. The third-order valence-electron chi connectivity index (χ3n) is 5.70. The number of nitrogens with two attached hydrogens (primary N) is 1. The van der Waals surface area contributed by atoms with Crippen LogP contribution in [0.15, 0.2) is 12.5 Å². The fourth-order valence-corrected chi connectivity index (χ4v) is 3.88. The van der Waals surface area contributed by atoms with E-state index >= 15 is 0 Å². The van der Waals surface area contributed by atoms with E-state index in [2.05, 4.69) is 25.9 Å². The predicted octanol–water partition coefficient (Wildman–Crippen LogP) is 0.664. The summed E-state index contributed by atoms with van der Waals surface area (Å²) in [6, 6.07) is -3.83. The summed E-state index contributed by atoms with van der Waals surface area (Å²) in [6.07, 6.45) is 6.27. The minimum atomic E-state index is -1.15. The summed E-state index contributed by atoms with van der Waals surface area (Å²) in [5, 5.41) is 17.5. The second-order valence-electron chi connectivity index (χ2n) is 9.13. The molecule has 0 aliphatic carbocycles. The van der Waals surface area contributed by atoms with Gasteiger partial charge in [-0.3, -0.25) is 14.4 Å². The molecule has 5 atom stereocenters. The van der Waals surface area contributed by atoms with Gasteiger partial charge in [0, 0.05) is 18.3 Å². The molecule has 5 unspecified atom stereocenters. The van der Waals surface area contributed by atoms with E-state index in [0.29, 0.717) is 24.3 Å². The van der Waals surface area contributed by atoms with E-state index in [0.717, 1.165) is 0 Å². The maximum absolute atomic E-state index is 13.3. The first-order chi connectivity index (χ1) is 16.5. The fourth-order valence-electron chi connectivity index (χ4n) is 3.39. The second kappa shape index (κ2) is 15.4. The lowest BCUT2D eigenvalue weighted by molar-refractivity contribution is -0.142. The van der Waals surface area contributed by atoms with E-state index < -0.39 is 47.9 Å². The molecule has 12 heteroatoms. The molecule has 3 amide bonds. The monoisotopic (exact) mass is 512 g/mol. The average molecular weight is 513 g/mol. The molecule has 0 aliphatic heterocycles. The van der Waals surface area contributed by atoms with Gasteiger partial charge in [-0.15, -0.1) is 0 Å². The Morgan fingerprint density at radius 1 is 1.09 bits per heavy atom. The quantitative estimate of drug-likeness (QED) is 0.187. The molecule has 1 aromatic heterocycles. The average Bonchev–Trinajstić information content (AvgIpc) is 3.31. The first-order valence-corrected chi connectivity index (χ1v) is 13.2. The van der Waals surface area contributed by atoms with Crippen molar-refractivity contribution in [2.75, 3.05) is 12.0 Å². The van der Waals surface area contributed by atoms with Crippen molar-refractivity contribution in [2.45, 2.75) is 77.5 Å². The molecular weight excluding hydrogens is 472 g/mol. The molecule has 0 spiro atoms.